The van der Waals surface area contributed by atoms with Crippen LogP contribution in [-0.4, -0.2) is 69.2 Å². The number of anilines is 2. The van der Waals surface area contributed by atoms with Crippen LogP contribution in [0.1, 0.15) is 18.9 Å². The number of aromatic nitrogens is 6. The van der Waals surface area contributed by atoms with Crippen LogP contribution in [0.3, 0.4) is 0 Å². The SMILES string of the molecule is Cl.Nc1ncc(-c2nc(N3CCOCC3)nc3c2cnn3C2CCOCC2)cn1. The van der Waals surface area contributed by atoms with E-state index in [0.29, 0.717) is 19.2 Å². The Hall–Kier alpha value is -2.56. The topological polar surface area (TPSA) is 117 Å². The molecule has 29 heavy (non-hydrogen) atoms. The number of ether oxygens (including phenoxy) is 2. The van der Waals surface area contributed by atoms with E-state index in [0.717, 1.165) is 61.4 Å². The molecule has 0 amide bonds. The van der Waals surface area contributed by atoms with Crippen LogP contribution in [-0.2, 0) is 9.47 Å². The van der Waals surface area contributed by atoms with Gasteiger partial charge in [0.1, 0.15) is 0 Å². The van der Waals surface area contributed by atoms with Crippen LogP contribution in [0.15, 0.2) is 18.6 Å². The summed E-state index contributed by atoms with van der Waals surface area (Å²) in [6.07, 6.45) is 7.07. The van der Waals surface area contributed by atoms with Gasteiger partial charge >= 0.3 is 0 Å². The smallest absolute Gasteiger partial charge is 0.228 e. The lowest BCUT2D eigenvalue weighted by molar-refractivity contribution is 0.0673. The summed E-state index contributed by atoms with van der Waals surface area (Å²) in [5, 5.41) is 5.54. The van der Waals surface area contributed by atoms with E-state index in [-0.39, 0.29) is 24.4 Å². The molecule has 0 saturated carbocycles. The maximum atomic E-state index is 5.66. The van der Waals surface area contributed by atoms with Crippen LogP contribution in [0.25, 0.3) is 22.3 Å². The average molecular weight is 419 g/mol. The second kappa shape index (κ2) is 8.44. The first kappa shape index (κ1) is 19.7. The standard InChI is InChI=1S/C18H22N8O2.ClH/c19-17-20-9-12(10-21-17)15-14-11-22-26(13-1-5-27-6-2-13)16(14)24-18(23-15)25-3-7-28-8-4-25;/h9-11,13H,1-8H2,(H2,19,20,21);1H. The third-order valence-electron chi connectivity index (χ3n) is 5.22. The van der Waals surface area contributed by atoms with Gasteiger partial charge in [-0.15, -0.1) is 12.4 Å². The maximum Gasteiger partial charge on any atom is 0.228 e. The van der Waals surface area contributed by atoms with Crippen molar-refractivity contribution in [3.8, 4) is 11.3 Å². The minimum Gasteiger partial charge on any atom is -0.381 e. The van der Waals surface area contributed by atoms with Crippen molar-refractivity contribution in [1.82, 2.24) is 29.7 Å². The Labute approximate surface area is 173 Å². The lowest BCUT2D eigenvalue weighted by Gasteiger charge is -2.27. The van der Waals surface area contributed by atoms with Crippen molar-refractivity contribution >= 4 is 35.3 Å². The van der Waals surface area contributed by atoms with E-state index in [4.69, 9.17) is 25.2 Å². The molecule has 10 nitrogen and oxygen atoms in total. The molecule has 5 rings (SSSR count). The van der Waals surface area contributed by atoms with Crippen LogP contribution >= 0.6 is 12.4 Å². The highest BCUT2D eigenvalue weighted by Crippen LogP contribution is 2.31. The zero-order chi connectivity index (χ0) is 18.9. The number of nitrogen functional groups attached to an aromatic ring is 1. The molecule has 3 aromatic heterocycles. The summed E-state index contributed by atoms with van der Waals surface area (Å²) >= 11 is 0. The summed E-state index contributed by atoms with van der Waals surface area (Å²) in [7, 11) is 0. The zero-order valence-corrected chi connectivity index (χ0v) is 16.7. The first-order chi connectivity index (χ1) is 13.8. The van der Waals surface area contributed by atoms with E-state index in [9.17, 15) is 0 Å². The van der Waals surface area contributed by atoms with Gasteiger partial charge < -0.3 is 20.1 Å². The van der Waals surface area contributed by atoms with E-state index >= 15 is 0 Å². The van der Waals surface area contributed by atoms with Crippen molar-refractivity contribution in [2.75, 3.05) is 50.2 Å². The molecule has 0 radical (unpaired) electrons. The number of halogens is 1. The third kappa shape index (κ3) is 3.83. The number of nitrogens with zero attached hydrogens (tertiary/aromatic N) is 7. The summed E-state index contributed by atoms with van der Waals surface area (Å²) in [6.45, 7) is 4.34. The summed E-state index contributed by atoms with van der Waals surface area (Å²) in [6, 6.07) is 0.272. The molecule has 0 aromatic carbocycles. The number of rotatable bonds is 3. The first-order valence-corrected chi connectivity index (χ1v) is 9.53. The first-order valence-electron chi connectivity index (χ1n) is 9.53. The Balaban J connectivity index is 0.00000205. The fourth-order valence-corrected chi connectivity index (χ4v) is 3.70. The highest BCUT2D eigenvalue weighted by Gasteiger charge is 2.24. The molecule has 2 aliphatic heterocycles. The predicted octanol–water partition coefficient (Wildman–Crippen LogP) is 1.48. The van der Waals surface area contributed by atoms with Crippen LogP contribution in [0.2, 0.25) is 0 Å². The molecule has 0 unspecified atom stereocenters. The van der Waals surface area contributed by atoms with Gasteiger partial charge in [-0.3, -0.25) is 0 Å². The monoisotopic (exact) mass is 418 g/mol. The summed E-state index contributed by atoms with van der Waals surface area (Å²) in [4.78, 5) is 20.1. The van der Waals surface area contributed by atoms with Gasteiger partial charge in [0.15, 0.2) is 5.65 Å². The Morgan fingerprint density at radius 1 is 0.931 bits per heavy atom. The molecule has 0 bridgehead atoms. The van der Waals surface area contributed by atoms with Gasteiger partial charge in [-0.05, 0) is 12.8 Å². The van der Waals surface area contributed by atoms with Crippen LogP contribution in [0, 0.1) is 0 Å². The number of hydrogen-bond donors (Lipinski definition) is 1. The van der Waals surface area contributed by atoms with Crippen LogP contribution in [0.4, 0.5) is 11.9 Å². The summed E-state index contributed by atoms with van der Waals surface area (Å²) < 4.78 is 13.0. The molecule has 2 N–H and O–H groups in total. The Morgan fingerprint density at radius 2 is 1.62 bits per heavy atom. The summed E-state index contributed by atoms with van der Waals surface area (Å²) in [5.41, 5.74) is 8.05. The number of fused-ring (bicyclic) bond motifs is 1. The van der Waals surface area contributed by atoms with Gasteiger partial charge in [-0.1, -0.05) is 0 Å². The van der Waals surface area contributed by atoms with Gasteiger partial charge in [0.05, 0.1) is 36.5 Å². The zero-order valence-electron chi connectivity index (χ0n) is 15.9. The fourth-order valence-electron chi connectivity index (χ4n) is 3.70. The van der Waals surface area contributed by atoms with E-state index in [1.165, 1.54) is 0 Å². The third-order valence-corrected chi connectivity index (χ3v) is 5.22. The molecule has 0 spiro atoms. The van der Waals surface area contributed by atoms with Gasteiger partial charge in [-0.2, -0.15) is 10.1 Å². The maximum absolute atomic E-state index is 5.66. The largest absolute Gasteiger partial charge is 0.381 e. The minimum atomic E-state index is 0. The van der Waals surface area contributed by atoms with E-state index in [2.05, 4.69) is 20.0 Å². The van der Waals surface area contributed by atoms with E-state index in [1.54, 1.807) is 12.4 Å². The Bertz CT molecular complexity index is 968. The van der Waals surface area contributed by atoms with Crippen molar-refractivity contribution in [1.29, 1.82) is 0 Å². The second-order valence-corrected chi connectivity index (χ2v) is 6.97. The Morgan fingerprint density at radius 3 is 2.34 bits per heavy atom. The normalized spacial score (nSPS) is 18.0. The lowest BCUT2D eigenvalue weighted by Crippen LogP contribution is -2.37. The molecule has 0 aliphatic carbocycles. The van der Waals surface area contributed by atoms with Gasteiger partial charge in [-0.25, -0.2) is 19.6 Å². The van der Waals surface area contributed by atoms with Crippen molar-refractivity contribution in [2.24, 2.45) is 0 Å². The molecule has 2 fully saturated rings. The lowest BCUT2D eigenvalue weighted by atomic mass is 10.1. The number of hydrogen-bond acceptors (Lipinski definition) is 9. The minimum absolute atomic E-state index is 0. The van der Waals surface area contributed by atoms with E-state index < -0.39 is 0 Å². The summed E-state index contributed by atoms with van der Waals surface area (Å²) in [5.74, 6) is 0.914. The van der Waals surface area contributed by atoms with Crippen molar-refractivity contribution in [3.05, 3.63) is 18.6 Å². The van der Waals surface area contributed by atoms with Gasteiger partial charge in [0.2, 0.25) is 11.9 Å². The van der Waals surface area contributed by atoms with Crippen molar-refractivity contribution in [3.63, 3.8) is 0 Å². The highest BCUT2D eigenvalue weighted by molar-refractivity contribution is 5.91. The molecule has 11 heteroatoms. The predicted molar refractivity (Wildman–Crippen MR) is 110 cm³/mol. The quantitative estimate of drug-likeness (QED) is 0.674. The van der Waals surface area contributed by atoms with Crippen LogP contribution in [0.5, 0.6) is 0 Å². The van der Waals surface area contributed by atoms with Gasteiger partial charge in [0, 0.05) is 44.3 Å². The fraction of sp³-hybridized carbons (Fsp3) is 0.500. The average Bonchev–Trinajstić information content (AvgIpc) is 3.19. The molecule has 0 atom stereocenters. The molecular weight excluding hydrogens is 396 g/mol. The molecular formula is C18H23ClN8O2. The van der Waals surface area contributed by atoms with Gasteiger partial charge in [0.25, 0.3) is 0 Å². The van der Waals surface area contributed by atoms with E-state index in [1.807, 2.05) is 10.9 Å². The molecule has 5 heterocycles. The number of morpholine rings is 1. The second-order valence-electron chi connectivity index (χ2n) is 6.97. The van der Waals surface area contributed by atoms with Crippen molar-refractivity contribution in [2.45, 2.75) is 18.9 Å². The molecule has 2 aliphatic rings. The number of nitrogens with two attached hydrogens (primary N) is 1. The van der Waals surface area contributed by atoms with Crippen molar-refractivity contribution < 1.29 is 9.47 Å². The molecule has 3 aromatic rings. The molecule has 2 saturated heterocycles. The molecule has 154 valence electrons. The highest BCUT2D eigenvalue weighted by atomic mass is 35.5. The Kier molecular flexibility index (Phi) is 5.74. The van der Waals surface area contributed by atoms with Crippen LogP contribution < -0.4 is 10.6 Å².